The van der Waals surface area contributed by atoms with Gasteiger partial charge in [0, 0.05) is 42.7 Å². The molecule has 1 fully saturated rings. The predicted molar refractivity (Wildman–Crippen MR) is 155 cm³/mol. The minimum absolute atomic E-state index is 0.0649. The van der Waals surface area contributed by atoms with Crippen molar-refractivity contribution in [3.63, 3.8) is 0 Å². The summed E-state index contributed by atoms with van der Waals surface area (Å²) in [4.78, 5) is 2.54. The van der Waals surface area contributed by atoms with E-state index < -0.39 is 10.0 Å². The Morgan fingerprint density at radius 1 is 1.15 bits per heavy atom. The van der Waals surface area contributed by atoms with E-state index in [1.54, 1.807) is 0 Å². The van der Waals surface area contributed by atoms with E-state index in [4.69, 9.17) is 21.1 Å². The van der Waals surface area contributed by atoms with Crippen LogP contribution in [-0.4, -0.2) is 60.2 Å². The van der Waals surface area contributed by atoms with Gasteiger partial charge in [-0.3, -0.25) is 0 Å². The lowest BCUT2D eigenvalue weighted by Crippen LogP contribution is -2.52. The summed E-state index contributed by atoms with van der Waals surface area (Å²) >= 11 is 6.41. The van der Waals surface area contributed by atoms with Crippen molar-refractivity contribution in [2.45, 2.75) is 56.5 Å². The molecule has 2 N–H and O–H groups in total. The summed E-state index contributed by atoms with van der Waals surface area (Å²) in [6.45, 7) is 3.76. The molecule has 6 rings (SSSR count). The Labute approximate surface area is 237 Å². The van der Waals surface area contributed by atoms with Crippen LogP contribution in [0.3, 0.4) is 0 Å². The number of anilines is 1. The molecule has 0 radical (unpaired) electrons. The van der Waals surface area contributed by atoms with Gasteiger partial charge >= 0.3 is 0 Å². The Balaban J connectivity index is 1.38. The molecule has 0 aromatic heterocycles. The van der Waals surface area contributed by atoms with Gasteiger partial charge in [-0.1, -0.05) is 23.7 Å². The molecule has 4 atom stereocenters. The fourth-order valence-corrected chi connectivity index (χ4v) is 8.38. The number of likely N-dealkylation sites (N-methyl/N-ethyl adjacent to an activating group) is 1. The molecule has 0 amide bonds. The van der Waals surface area contributed by atoms with Crippen molar-refractivity contribution in [2.75, 3.05) is 50.6 Å². The van der Waals surface area contributed by atoms with Crippen molar-refractivity contribution in [2.24, 2.45) is 11.8 Å². The molecule has 2 heterocycles. The highest BCUT2D eigenvalue weighted by atomic mass is 35.5. The first kappa shape index (κ1) is 27.3. The van der Waals surface area contributed by atoms with Crippen LogP contribution in [0, 0.1) is 11.8 Å². The second-order valence-corrected chi connectivity index (χ2v) is 14.2. The number of fused-ring (bicyclic) bond motifs is 4. The minimum Gasteiger partial charge on any atom is -0.490 e. The Morgan fingerprint density at radius 3 is 2.87 bits per heavy atom. The molecule has 4 aliphatic rings. The van der Waals surface area contributed by atoms with Gasteiger partial charge < -0.3 is 19.7 Å². The van der Waals surface area contributed by atoms with E-state index in [9.17, 15) is 8.42 Å². The molecule has 0 unspecified atom stereocenters. The first-order valence-corrected chi connectivity index (χ1v) is 16.4. The Morgan fingerprint density at radius 2 is 2.05 bits per heavy atom. The van der Waals surface area contributed by atoms with E-state index in [0.717, 1.165) is 54.4 Å². The first-order valence-electron chi connectivity index (χ1n) is 14.4. The molecular formula is C30H40ClN3O4S. The molecule has 39 heavy (non-hydrogen) atoms. The number of aryl methyl sites for hydroxylation is 1. The summed E-state index contributed by atoms with van der Waals surface area (Å²) in [5.74, 6) is 2.02. The molecule has 1 spiro atoms. The number of ether oxygens (including phenoxy) is 2. The maximum Gasteiger partial charge on any atom is 0.211 e. The molecule has 0 saturated heterocycles. The van der Waals surface area contributed by atoms with Crippen molar-refractivity contribution in [3.05, 3.63) is 58.1 Å². The van der Waals surface area contributed by atoms with E-state index in [0.29, 0.717) is 38.1 Å². The van der Waals surface area contributed by atoms with Crippen LogP contribution in [0.2, 0.25) is 5.02 Å². The van der Waals surface area contributed by atoms with Crippen molar-refractivity contribution in [1.29, 1.82) is 0 Å². The van der Waals surface area contributed by atoms with Crippen molar-refractivity contribution in [3.8, 4) is 5.75 Å². The number of hydrogen-bond acceptors (Lipinski definition) is 6. The molecule has 7 nitrogen and oxygen atoms in total. The molecule has 212 valence electrons. The zero-order valence-electron chi connectivity index (χ0n) is 22.8. The third-order valence-corrected chi connectivity index (χ3v) is 11.1. The summed E-state index contributed by atoms with van der Waals surface area (Å²) in [5, 5.41) is 4.28. The second-order valence-electron chi connectivity index (χ2n) is 11.9. The largest absolute Gasteiger partial charge is 0.490 e. The number of rotatable bonds is 1. The van der Waals surface area contributed by atoms with E-state index in [1.165, 1.54) is 24.0 Å². The molecule has 2 aliphatic carbocycles. The van der Waals surface area contributed by atoms with Crippen molar-refractivity contribution in [1.82, 2.24) is 10.0 Å². The Hall–Kier alpha value is -1.84. The van der Waals surface area contributed by atoms with Gasteiger partial charge in [0.25, 0.3) is 0 Å². The van der Waals surface area contributed by atoms with Crippen LogP contribution in [0.15, 0.2) is 36.4 Å². The summed E-state index contributed by atoms with van der Waals surface area (Å²) in [6.07, 6.45) is 6.10. The van der Waals surface area contributed by atoms with E-state index >= 15 is 0 Å². The van der Waals surface area contributed by atoms with E-state index in [2.05, 4.69) is 33.1 Å². The third-order valence-electron chi connectivity index (χ3n) is 9.42. The standard InChI is InChI=1S/C30H40ClN3O4S/c1-32-27-18-37-12-3-13-39(35,36)33-16-21-5-10-29-28(14-21)34(17-23-6-8-25(23)27)19-30(20-38-29)11-2-4-22-15-24(31)7-9-26(22)30/h5,7,9-10,14-15,23,25,27,32-33H,2-4,6,8,11-13,16-20H2,1H3/t23-,25+,27+,30-/m0/s1. The summed E-state index contributed by atoms with van der Waals surface area (Å²) in [6, 6.07) is 12.8. The first-order chi connectivity index (χ1) is 18.9. The van der Waals surface area contributed by atoms with Gasteiger partial charge in [-0.15, -0.1) is 0 Å². The fraction of sp³-hybridized carbons (Fsp3) is 0.600. The van der Waals surface area contributed by atoms with Gasteiger partial charge in [-0.2, -0.15) is 0 Å². The summed E-state index contributed by atoms with van der Waals surface area (Å²) in [5.41, 5.74) is 4.59. The predicted octanol–water partition coefficient (Wildman–Crippen LogP) is 4.27. The minimum atomic E-state index is -3.39. The van der Waals surface area contributed by atoms with Crippen LogP contribution in [-0.2, 0) is 33.1 Å². The Bertz CT molecular complexity index is 1310. The maximum absolute atomic E-state index is 12.7. The third kappa shape index (κ3) is 5.68. The Kier molecular flexibility index (Phi) is 7.85. The smallest absolute Gasteiger partial charge is 0.211 e. The van der Waals surface area contributed by atoms with Gasteiger partial charge in [-0.05, 0) is 98.4 Å². The fourth-order valence-electron chi connectivity index (χ4n) is 7.15. The van der Waals surface area contributed by atoms with Gasteiger partial charge in [0.05, 0.1) is 24.7 Å². The number of nitrogens with one attached hydrogen (secondary N) is 2. The van der Waals surface area contributed by atoms with Gasteiger partial charge in [0.2, 0.25) is 10.0 Å². The van der Waals surface area contributed by atoms with E-state index in [1.807, 2.05) is 25.2 Å². The van der Waals surface area contributed by atoms with Gasteiger partial charge in [-0.25, -0.2) is 13.1 Å². The van der Waals surface area contributed by atoms with Crippen LogP contribution < -0.4 is 19.7 Å². The zero-order valence-corrected chi connectivity index (χ0v) is 24.3. The van der Waals surface area contributed by atoms with Crippen molar-refractivity contribution >= 4 is 27.3 Å². The topological polar surface area (TPSA) is 79.9 Å². The number of nitrogens with zero attached hydrogens (tertiary/aromatic N) is 1. The molecule has 2 aliphatic heterocycles. The van der Waals surface area contributed by atoms with Crippen molar-refractivity contribution < 1.29 is 17.9 Å². The number of hydrogen-bond donors (Lipinski definition) is 2. The number of sulfonamides is 1. The van der Waals surface area contributed by atoms with Crippen LogP contribution in [0.4, 0.5) is 5.69 Å². The van der Waals surface area contributed by atoms with Crippen LogP contribution >= 0.6 is 11.6 Å². The normalized spacial score (nSPS) is 30.8. The quantitative estimate of drug-likeness (QED) is 0.530. The van der Waals surface area contributed by atoms with Crippen LogP contribution in [0.5, 0.6) is 5.75 Å². The van der Waals surface area contributed by atoms with Gasteiger partial charge in [0.1, 0.15) is 5.75 Å². The monoisotopic (exact) mass is 573 g/mol. The van der Waals surface area contributed by atoms with E-state index in [-0.39, 0.29) is 23.8 Å². The van der Waals surface area contributed by atoms with Gasteiger partial charge in [0.15, 0.2) is 0 Å². The average molecular weight is 574 g/mol. The number of benzene rings is 2. The van der Waals surface area contributed by atoms with Crippen LogP contribution in [0.1, 0.15) is 48.8 Å². The lowest BCUT2D eigenvalue weighted by Gasteiger charge is -2.46. The lowest BCUT2D eigenvalue weighted by atomic mass is 9.68. The molecule has 1 saturated carbocycles. The average Bonchev–Trinajstić information content (AvgIpc) is 3.05. The zero-order chi connectivity index (χ0) is 27.0. The summed E-state index contributed by atoms with van der Waals surface area (Å²) < 4.78 is 40.7. The SMILES string of the molecule is CN[C@@H]1COCCCS(=O)(=O)NCc2ccc3c(c2)N(C[C@@H]2CC[C@H]21)C[C@@]1(CCCc2cc(Cl)ccc21)CO3. The molecular weight excluding hydrogens is 534 g/mol. The molecule has 2 aromatic carbocycles. The molecule has 2 bridgehead atoms. The summed E-state index contributed by atoms with van der Waals surface area (Å²) in [7, 11) is -1.38. The molecule has 9 heteroatoms. The second kappa shape index (κ2) is 11.2. The molecule has 2 aromatic rings. The lowest BCUT2D eigenvalue weighted by molar-refractivity contribution is 0.0491. The number of halogens is 1. The highest BCUT2D eigenvalue weighted by Gasteiger charge is 2.44. The highest BCUT2D eigenvalue weighted by molar-refractivity contribution is 7.89. The van der Waals surface area contributed by atoms with Crippen LogP contribution in [0.25, 0.3) is 0 Å². The highest BCUT2D eigenvalue weighted by Crippen LogP contribution is 2.46. The maximum atomic E-state index is 12.7.